The standard InChI is InChI=1S/C14H16N2O5/c17-8-5-11(13(18)19)16(6-8)14(20)15-10-7-21-12-4-2-1-3-9(10)12/h1-4,8,10-11,17H,5-7H2,(H,15,20)(H,18,19)/t8-,10?,11+/m1/s1. The second-order valence-electron chi connectivity index (χ2n) is 5.25. The molecular weight excluding hydrogens is 276 g/mol. The van der Waals surface area contributed by atoms with Gasteiger partial charge in [-0.25, -0.2) is 9.59 Å². The number of aliphatic carboxylic acids is 1. The van der Waals surface area contributed by atoms with Crippen LogP contribution in [0.1, 0.15) is 18.0 Å². The molecule has 0 radical (unpaired) electrons. The van der Waals surface area contributed by atoms with Gasteiger partial charge in [-0.2, -0.15) is 0 Å². The van der Waals surface area contributed by atoms with E-state index in [1.165, 1.54) is 0 Å². The van der Waals surface area contributed by atoms with Crippen LogP contribution in [0.15, 0.2) is 24.3 Å². The Bertz CT molecular complexity index is 576. The van der Waals surface area contributed by atoms with Crippen LogP contribution in [-0.4, -0.2) is 52.4 Å². The molecule has 21 heavy (non-hydrogen) atoms. The number of amides is 2. The van der Waals surface area contributed by atoms with Gasteiger partial charge in [-0.15, -0.1) is 0 Å². The van der Waals surface area contributed by atoms with Crippen molar-refractivity contribution in [1.29, 1.82) is 0 Å². The molecule has 2 aliphatic rings. The fourth-order valence-electron chi connectivity index (χ4n) is 2.79. The van der Waals surface area contributed by atoms with Crippen molar-refractivity contribution in [3.8, 4) is 5.75 Å². The van der Waals surface area contributed by atoms with Crippen molar-refractivity contribution in [1.82, 2.24) is 10.2 Å². The first-order valence-electron chi connectivity index (χ1n) is 6.76. The Hall–Kier alpha value is -2.28. The predicted octanol–water partition coefficient (Wildman–Crippen LogP) is 0.349. The molecule has 0 aliphatic carbocycles. The molecule has 2 amide bonds. The number of nitrogens with one attached hydrogen (secondary N) is 1. The van der Waals surface area contributed by atoms with E-state index in [1.54, 1.807) is 0 Å². The molecule has 3 atom stereocenters. The molecule has 7 heteroatoms. The molecule has 3 N–H and O–H groups in total. The molecule has 1 aromatic rings. The first-order valence-corrected chi connectivity index (χ1v) is 6.76. The fourth-order valence-corrected chi connectivity index (χ4v) is 2.79. The van der Waals surface area contributed by atoms with Gasteiger partial charge >= 0.3 is 12.0 Å². The number of nitrogens with zero attached hydrogens (tertiary/aromatic N) is 1. The Labute approximate surface area is 121 Å². The van der Waals surface area contributed by atoms with Crippen LogP contribution in [-0.2, 0) is 4.79 Å². The average Bonchev–Trinajstić information content (AvgIpc) is 3.03. The van der Waals surface area contributed by atoms with Gasteiger partial charge in [0.05, 0.1) is 12.1 Å². The lowest BCUT2D eigenvalue weighted by molar-refractivity contribution is -0.141. The Balaban J connectivity index is 1.71. The number of rotatable bonds is 2. The fraction of sp³-hybridized carbons (Fsp3) is 0.429. The second kappa shape index (κ2) is 5.25. The van der Waals surface area contributed by atoms with Crippen molar-refractivity contribution < 1.29 is 24.5 Å². The molecule has 0 saturated carbocycles. The van der Waals surface area contributed by atoms with E-state index >= 15 is 0 Å². The maximum Gasteiger partial charge on any atom is 0.326 e. The van der Waals surface area contributed by atoms with Crippen LogP contribution >= 0.6 is 0 Å². The molecule has 1 saturated heterocycles. The quantitative estimate of drug-likeness (QED) is 0.730. The van der Waals surface area contributed by atoms with Gasteiger partial charge in [-0.3, -0.25) is 0 Å². The molecule has 0 aromatic heterocycles. The zero-order valence-electron chi connectivity index (χ0n) is 11.2. The molecule has 0 spiro atoms. The minimum absolute atomic E-state index is 0.0258. The summed E-state index contributed by atoms with van der Waals surface area (Å²) in [4.78, 5) is 24.6. The number of para-hydroxylation sites is 1. The Morgan fingerprint density at radius 3 is 2.86 bits per heavy atom. The molecule has 2 heterocycles. The first-order chi connectivity index (χ1) is 10.1. The van der Waals surface area contributed by atoms with E-state index in [0.717, 1.165) is 16.2 Å². The Morgan fingerprint density at radius 2 is 2.10 bits per heavy atom. The summed E-state index contributed by atoms with van der Waals surface area (Å²) in [6.07, 6.45) is -0.746. The van der Waals surface area contributed by atoms with Crippen LogP contribution in [0.5, 0.6) is 5.75 Å². The molecule has 1 aromatic carbocycles. The number of fused-ring (bicyclic) bond motifs is 1. The topological polar surface area (TPSA) is 99.1 Å². The second-order valence-corrected chi connectivity index (χ2v) is 5.25. The number of carbonyl (C=O) groups excluding carboxylic acids is 1. The summed E-state index contributed by atoms with van der Waals surface area (Å²) in [6, 6.07) is 5.59. The zero-order chi connectivity index (χ0) is 15.0. The predicted molar refractivity (Wildman–Crippen MR) is 72.0 cm³/mol. The lowest BCUT2D eigenvalue weighted by atomic mass is 10.1. The van der Waals surface area contributed by atoms with E-state index in [-0.39, 0.29) is 19.0 Å². The number of carbonyl (C=O) groups is 2. The van der Waals surface area contributed by atoms with Gasteiger partial charge in [0.15, 0.2) is 0 Å². The minimum Gasteiger partial charge on any atom is -0.491 e. The highest BCUT2D eigenvalue weighted by atomic mass is 16.5. The summed E-state index contributed by atoms with van der Waals surface area (Å²) in [7, 11) is 0. The van der Waals surface area contributed by atoms with Crippen molar-refractivity contribution in [2.45, 2.75) is 24.6 Å². The van der Waals surface area contributed by atoms with Gasteiger partial charge in [0.25, 0.3) is 0 Å². The number of β-amino-alcohol motifs (C(OH)–C–C–N with tert-alkyl or cyclic N) is 1. The highest BCUT2D eigenvalue weighted by Gasteiger charge is 2.40. The minimum atomic E-state index is -1.11. The van der Waals surface area contributed by atoms with Gasteiger partial charge in [0, 0.05) is 18.5 Å². The number of carboxylic acid groups (broad SMARTS) is 1. The largest absolute Gasteiger partial charge is 0.491 e. The normalized spacial score (nSPS) is 27.1. The van der Waals surface area contributed by atoms with E-state index in [2.05, 4.69) is 5.32 Å². The van der Waals surface area contributed by atoms with Crippen molar-refractivity contribution >= 4 is 12.0 Å². The lowest BCUT2D eigenvalue weighted by Gasteiger charge is -2.23. The van der Waals surface area contributed by atoms with Crippen LogP contribution in [0.2, 0.25) is 0 Å². The summed E-state index contributed by atoms with van der Waals surface area (Å²) >= 11 is 0. The Kier molecular flexibility index (Phi) is 3.42. The summed E-state index contributed by atoms with van der Waals surface area (Å²) in [6.45, 7) is 0.344. The van der Waals surface area contributed by atoms with Gasteiger partial charge in [0.1, 0.15) is 18.4 Å². The summed E-state index contributed by atoms with van der Waals surface area (Å²) in [5.74, 6) is -0.385. The third kappa shape index (κ3) is 2.52. The van der Waals surface area contributed by atoms with Crippen molar-refractivity contribution in [3.63, 3.8) is 0 Å². The van der Waals surface area contributed by atoms with E-state index in [4.69, 9.17) is 9.84 Å². The van der Waals surface area contributed by atoms with E-state index in [9.17, 15) is 14.7 Å². The first kappa shape index (κ1) is 13.7. The van der Waals surface area contributed by atoms with Gasteiger partial charge < -0.3 is 25.2 Å². The molecule has 3 rings (SSSR count). The molecule has 1 unspecified atom stereocenters. The maximum absolute atomic E-state index is 12.3. The summed E-state index contributed by atoms with van der Waals surface area (Å²) in [5, 5.41) is 21.5. The smallest absolute Gasteiger partial charge is 0.326 e. The number of benzene rings is 1. The summed E-state index contributed by atoms with van der Waals surface area (Å²) in [5.41, 5.74) is 0.873. The van der Waals surface area contributed by atoms with Crippen LogP contribution in [0, 0.1) is 0 Å². The molecule has 1 fully saturated rings. The number of urea groups is 1. The average molecular weight is 292 g/mol. The highest BCUT2D eigenvalue weighted by molar-refractivity contribution is 5.83. The van der Waals surface area contributed by atoms with E-state index in [0.29, 0.717) is 6.61 Å². The third-order valence-electron chi connectivity index (χ3n) is 3.82. The highest BCUT2D eigenvalue weighted by Crippen LogP contribution is 2.32. The van der Waals surface area contributed by atoms with E-state index < -0.39 is 24.1 Å². The van der Waals surface area contributed by atoms with Crippen LogP contribution in [0.25, 0.3) is 0 Å². The summed E-state index contributed by atoms with van der Waals surface area (Å²) < 4.78 is 5.47. The van der Waals surface area contributed by atoms with Gasteiger partial charge in [-0.05, 0) is 6.07 Å². The SMILES string of the molecule is O=C(O)[C@@H]1C[C@@H](O)CN1C(=O)NC1COc2ccccc21. The molecular formula is C14H16N2O5. The van der Waals surface area contributed by atoms with Crippen molar-refractivity contribution in [2.24, 2.45) is 0 Å². The molecule has 7 nitrogen and oxygen atoms in total. The van der Waals surface area contributed by atoms with Crippen LogP contribution < -0.4 is 10.1 Å². The lowest BCUT2D eigenvalue weighted by Crippen LogP contribution is -2.47. The van der Waals surface area contributed by atoms with E-state index in [1.807, 2.05) is 24.3 Å². The van der Waals surface area contributed by atoms with Crippen LogP contribution in [0.4, 0.5) is 4.79 Å². The number of hydrogen-bond donors (Lipinski definition) is 3. The maximum atomic E-state index is 12.3. The van der Waals surface area contributed by atoms with Crippen molar-refractivity contribution in [3.05, 3.63) is 29.8 Å². The van der Waals surface area contributed by atoms with Gasteiger partial charge in [-0.1, -0.05) is 18.2 Å². The zero-order valence-corrected chi connectivity index (χ0v) is 11.2. The monoisotopic (exact) mass is 292 g/mol. The van der Waals surface area contributed by atoms with Crippen LogP contribution in [0.3, 0.4) is 0 Å². The number of aliphatic hydroxyl groups excluding tert-OH is 1. The molecule has 112 valence electrons. The number of ether oxygens (including phenoxy) is 1. The van der Waals surface area contributed by atoms with Crippen molar-refractivity contribution in [2.75, 3.05) is 13.2 Å². The molecule has 0 bridgehead atoms. The number of likely N-dealkylation sites (tertiary alicyclic amines) is 1. The number of aliphatic hydroxyl groups is 1. The Morgan fingerprint density at radius 1 is 1.33 bits per heavy atom. The molecule has 2 aliphatic heterocycles. The number of carboxylic acids is 1. The number of hydrogen-bond acceptors (Lipinski definition) is 4. The third-order valence-corrected chi connectivity index (χ3v) is 3.82. The van der Waals surface area contributed by atoms with Gasteiger partial charge in [0.2, 0.25) is 0 Å².